The van der Waals surface area contributed by atoms with E-state index in [0.717, 1.165) is 33.2 Å². The van der Waals surface area contributed by atoms with Crippen molar-refractivity contribution in [2.45, 2.75) is 0 Å². The third kappa shape index (κ3) is 3.77. The van der Waals surface area contributed by atoms with E-state index >= 15 is 0 Å². The maximum absolute atomic E-state index is 12.6. The van der Waals surface area contributed by atoms with Crippen molar-refractivity contribution in [3.63, 3.8) is 0 Å². The normalized spacial score (nSPS) is 11.3. The van der Waals surface area contributed by atoms with Crippen molar-refractivity contribution in [2.24, 2.45) is 7.05 Å². The summed E-state index contributed by atoms with van der Waals surface area (Å²) in [5, 5.41) is 24.5. The first-order valence-corrected chi connectivity index (χ1v) is 11.2. The zero-order valence-electron chi connectivity index (χ0n) is 18.5. The summed E-state index contributed by atoms with van der Waals surface area (Å²) in [5.74, 6) is 0.433. The zero-order valence-corrected chi connectivity index (χ0v) is 19.3. The van der Waals surface area contributed by atoms with Gasteiger partial charge in [-0.25, -0.2) is 4.68 Å². The number of halogens is 1. The molecule has 3 aromatic heterocycles. The van der Waals surface area contributed by atoms with Crippen LogP contribution in [0.25, 0.3) is 27.5 Å². The number of anilines is 3. The number of hydrogen-bond donors (Lipinski definition) is 3. The van der Waals surface area contributed by atoms with E-state index in [1.165, 1.54) is 6.20 Å². The Morgan fingerprint density at radius 2 is 1.91 bits per heavy atom. The van der Waals surface area contributed by atoms with Gasteiger partial charge in [-0.3, -0.25) is 14.6 Å². The van der Waals surface area contributed by atoms with Crippen LogP contribution in [0.2, 0.25) is 5.02 Å². The second kappa shape index (κ2) is 8.30. The molecule has 0 aliphatic rings. The first kappa shape index (κ1) is 20.9. The summed E-state index contributed by atoms with van der Waals surface area (Å²) < 4.78 is 3.42. The summed E-state index contributed by atoms with van der Waals surface area (Å²) in [5.41, 5.74) is 4.44. The SMILES string of the molecule is Cn1cc(C(=O)Nc2cccc(-n3nc(Nc4ccc5[nH]ncc5c4Cl)c4ccccc43)c2)cn1. The topological polar surface area (TPSA) is 105 Å². The Balaban J connectivity index is 1.36. The molecule has 3 heterocycles. The lowest BCUT2D eigenvalue weighted by Gasteiger charge is -2.08. The van der Waals surface area contributed by atoms with E-state index in [-0.39, 0.29) is 5.91 Å². The van der Waals surface area contributed by atoms with Crippen LogP contribution < -0.4 is 10.6 Å². The molecule has 0 radical (unpaired) electrons. The fourth-order valence-electron chi connectivity index (χ4n) is 4.02. The number of benzene rings is 3. The van der Waals surface area contributed by atoms with Crippen molar-refractivity contribution in [3.8, 4) is 5.69 Å². The summed E-state index contributed by atoms with van der Waals surface area (Å²) in [6, 6.07) is 19.3. The van der Waals surface area contributed by atoms with E-state index in [1.807, 2.05) is 65.3 Å². The van der Waals surface area contributed by atoms with Crippen LogP contribution in [0.5, 0.6) is 0 Å². The number of hydrogen-bond acceptors (Lipinski definition) is 5. The number of para-hydroxylation sites is 1. The summed E-state index contributed by atoms with van der Waals surface area (Å²) in [7, 11) is 1.77. The highest BCUT2D eigenvalue weighted by molar-refractivity contribution is 6.38. The Kier molecular flexibility index (Phi) is 4.97. The largest absolute Gasteiger partial charge is 0.337 e. The number of H-pyrrole nitrogens is 1. The minimum atomic E-state index is -0.229. The monoisotopic (exact) mass is 482 g/mol. The maximum atomic E-state index is 12.6. The molecule has 3 N–H and O–H groups in total. The van der Waals surface area contributed by atoms with Gasteiger partial charge in [0.1, 0.15) is 0 Å². The van der Waals surface area contributed by atoms with Crippen LogP contribution in [0, 0.1) is 0 Å². The number of nitrogens with one attached hydrogen (secondary N) is 3. The molecule has 0 fully saturated rings. The molecule has 0 saturated heterocycles. The van der Waals surface area contributed by atoms with Crippen molar-refractivity contribution in [1.29, 1.82) is 0 Å². The maximum Gasteiger partial charge on any atom is 0.258 e. The molecule has 35 heavy (non-hydrogen) atoms. The van der Waals surface area contributed by atoms with Crippen molar-refractivity contribution >= 4 is 56.5 Å². The molecule has 6 rings (SSSR count). The minimum Gasteiger partial charge on any atom is -0.337 e. The lowest BCUT2D eigenvalue weighted by molar-refractivity contribution is 0.102. The fraction of sp³-hybridized carbons (Fsp3) is 0.0400. The Hall–Kier alpha value is -4.63. The number of aromatic amines is 1. The van der Waals surface area contributed by atoms with Gasteiger partial charge in [-0.15, -0.1) is 5.10 Å². The molecule has 0 spiro atoms. The molecule has 0 bridgehead atoms. The van der Waals surface area contributed by atoms with Gasteiger partial charge in [0.25, 0.3) is 5.91 Å². The summed E-state index contributed by atoms with van der Waals surface area (Å²) in [6.07, 6.45) is 4.90. The lowest BCUT2D eigenvalue weighted by atomic mass is 10.2. The van der Waals surface area contributed by atoms with Crippen molar-refractivity contribution in [1.82, 2.24) is 29.8 Å². The van der Waals surface area contributed by atoms with Gasteiger partial charge in [0, 0.05) is 29.7 Å². The van der Waals surface area contributed by atoms with Crippen molar-refractivity contribution in [3.05, 3.63) is 89.8 Å². The number of aryl methyl sites for hydroxylation is 1. The average Bonchev–Trinajstić information content (AvgIpc) is 3.60. The zero-order chi connectivity index (χ0) is 23.9. The predicted octanol–water partition coefficient (Wildman–Crippen LogP) is 5.28. The van der Waals surface area contributed by atoms with Gasteiger partial charge in [0.2, 0.25) is 0 Å². The Labute approximate surface area is 204 Å². The molecular weight excluding hydrogens is 464 g/mol. The van der Waals surface area contributed by atoms with Gasteiger partial charge in [0.05, 0.1) is 45.4 Å². The molecule has 3 aromatic carbocycles. The van der Waals surface area contributed by atoms with Crippen LogP contribution in [-0.4, -0.2) is 35.7 Å². The standard InChI is InChI=1S/C25H19ClN8O/c1-33-14-15(12-28-33)25(35)29-16-5-4-6-17(11-16)34-22-8-3-2-7-18(22)24(32-34)30-21-10-9-20-19(23(21)26)13-27-31-20/h2-14H,1H3,(H,27,31)(H,29,35)(H,30,32). The van der Waals surface area contributed by atoms with Crippen LogP contribution in [-0.2, 0) is 7.05 Å². The summed E-state index contributed by atoms with van der Waals surface area (Å²) in [6.45, 7) is 0. The summed E-state index contributed by atoms with van der Waals surface area (Å²) >= 11 is 6.63. The third-order valence-electron chi connectivity index (χ3n) is 5.71. The van der Waals surface area contributed by atoms with Gasteiger partial charge in [-0.1, -0.05) is 29.8 Å². The van der Waals surface area contributed by atoms with Crippen LogP contribution >= 0.6 is 11.6 Å². The lowest BCUT2D eigenvalue weighted by Crippen LogP contribution is -2.11. The molecule has 6 aromatic rings. The van der Waals surface area contributed by atoms with E-state index < -0.39 is 0 Å². The van der Waals surface area contributed by atoms with Gasteiger partial charge >= 0.3 is 0 Å². The van der Waals surface area contributed by atoms with Crippen LogP contribution in [0.1, 0.15) is 10.4 Å². The number of rotatable bonds is 5. The highest BCUT2D eigenvalue weighted by Gasteiger charge is 2.15. The van der Waals surface area contributed by atoms with Crippen LogP contribution in [0.3, 0.4) is 0 Å². The number of carbonyl (C=O) groups is 1. The summed E-state index contributed by atoms with van der Waals surface area (Å²) in [4.78, 5) is 12.6. The average molecular weight is 483 g/mol. The number of carbonyl (C=O) groups excluding carboxylic acids is 1. The van der Waals surface area contributed by atoms with Crippen LogP contribution in [0.15, 0.2) is 79.3 Å². The Morgan fingerprint density at radius 3 is 2.77 bits per heavy atom. The highest BCUT2D eigenvalue weighted by atomic mass is 35.5. The smallest absolute Gasteiger partial charge is 0.258 e. The second-order valence-electron chi connectivity index (χ2n) is 8.07. The molecule has 0 aliphatic heterocycles. The molecule has 0 saturated carbocycles. The number of amides is 1. The van der Waals surface area contributed by atoms with Gasteiger partial charge in [-0.2, -0.15) is 10.2 Å². The molecule has 9 nitrogen and oxygen atoms in total. The fourth-order valence-corrected chi connectivity index (χ4v) is 4.28. The molecule has 10 heteroatoms. The number of aromatic nitrogens is 6. The van der Waals surface area contributed by atoms with E-state index in [4.69, 9.17) is 16.7 Å². The predicted molar refractivity (Wildman–Crippen MR) is 137 cm³/mol. The van der Waals surface area contributed by atoms with Gasteiger partial charge < -0.3 is 10.6 Å². The minimum absolute atomic E-state index is 0.229. The number of nitrogens with zero attached hydrogens (tertiary/aromatic N) is 5. The van der Waals surface area contributed by atoms with E-state index in [9.17, 15) is 4.79 Å². The second-order valence-corrected chi connectivity index (χ2v) is 8.45. The first-order valence-electron chi connectivity index (χ1n) is 10.8. The molecule has 172 valence electrons. The quantitative estimate of drug-likeness (QED) is 0.310. The Morgan fingerprint density at radius 1 is 1.03 bits per heavy atom. The highest BCUT2D eigenvalue weighted by Crippen LogP contribution is 2.34. The molecule has 0 unspecified atom stereocenters. The third-order valence-corrected chi connectivity index (χ3v) is 6.12. The first-order chi connectivity index (χ1) is 17.1. The molecular formula is C25H19ClN8O. The molecule has 0 atom stereocenters. The molecule has 1 amide bonds. The van der Waals surface area contributed by atoms with E-state index in [2.05, 4.69) is 25.9 Å². The Bertz CT molecular complexity index is 1710. The van der Waals surface area contributed by atoms with Crippen molar-refractivity contribution in [2.75, 3.05) is 10.6 Å². The van der Waals surface area contributed by atoms with E-state index in [1.54, 1.807) is 24.1 Å². The van der Waals surface area contributed by atoms with Crippen molar-refractivity contribution < 1.29 is 4.79 Å². The molecule has 0 aliphatic carbocycles. The number of fused-ring (bicyclic) bond motifs is 2. The van der Waals surface area contributed by atoms with Gasteiger partial charge in [0.15, 0.2) is 5.82 Å². The van der Waals surface area contributed by atoms with E-state index in [0.29, 0.717) is 22.1 Å². The van der Waals surface area contributed by atoms with Gasteiger partial charge in [-0.05, 0) is 42.5 Å². The van der Waals surface area contributed by atoms with Crippen LogP contribution in [0.4, 0.5) is 17.2 Å².